The molecule has 0 bridgehead atoms. The molecule has 29 heavy (non-hydrogen) atoms. The van der Waals surface area contributed by atoms with Crippen molar-refractivity contribution in [3.8, 4) is 17.0 Å². The number of ether oxygens (including phenoxy) is 1. The molecule has 0 fully saturated rings. The van der Waals surface area contributed by atoms with E-state index in [2.05, 4.69) is 10.3 Å². The minimum absolute atomic E-state index is 0.197. The Bertz CT molecular complexity index is 1250. The van der Waals surface area contributed by atoms with E-state index in [-0.39, 0.29) is 12.5 Å². The summed E-state index contributed by atoms with van der Waals surface area (Å²) in [5.41, 5.74) is 1.69. The average Bonchev–Trinajstić information content (AvgIpc) is 3.06. The third-order valence-corrected chi connectivity index (χ3v) is 5.26. The van der Waals surface area contributed by atoms with Gasteiger partial charge >= 0.3 is 5.63 Å². The molecule has 2 heterocycles. The molecule has 6 nitrogen and oxygen atoms in total. The summed E-state index contributed by atoms with van der Waals surface area (Å²) in [6, 6.07) is 15.4. The van der Waals surface area contributed by atoms with Crippen molar-refractivity contribution < 1.29 is 13.9 Å². The van der Waals surface area contributed by atoms with E-state index in [4.69, 9.17) is 20.8 Å². The van der Waals surface area contributed by atoms with Crippen LogP contribution in [0.2, 0.25) is 5.02 Å². The molecule has 0 atom stereocenters. The maximum Gasteiger partial charge on any atom is 0.336 e. The van der Waals surface area contributed by atoms with Crippen molar-refractivity contribution in [2.45, 2.75) is 6.92 Å². The SMILES string of the molecule is Cc1sc(NC(=O)COc2ccc3ccc(=O)oc3c2)nc1-c1ccc(Cl)cc1. The molecule has 0 spiro atoms. The van der Waals surface area contributed by atoms with E-state index in [1.54, 1.807) is 36.4 Å². The molecule has 8 heteroatoms. The molecule has 0 aliphatic heterocycles. The first-order valence-electron chi connectivity index (χ1n) is 8.68. The Balaban J connectivity index is 1.42. The van der Waals surface area contributed by atoms with E-state index in [0.29, 0.717) is 21.5 Å². The van der Waals surface area contributed by atoms with Gasteiger partial charge < -0.3 is 9.15 Å². The third kappa shape index (κ3) is 4.47. The van der Waals surface area contributed by atoms with Crippen molar-refractivity contribution in [3.05, 3.63) is 74.9 Å². The predicted molar refractivity (Wildman–Crippen MR) is 114 cm³/mol. The van der Waals surface area contributed by atoms with Crippen molar-refractivity contribution in [3.63, 3.8) is 0 Å². The van der Waals surface area contributed by atoms with Crippen LogP contribution < -0.4 is 15.7 Å². The van der Waals surface area contributed by atoms with E-state index in [0.717, 1.165) is 21.5 Å². The van der Waals surface area contributed by atoms with Gasteiger partial charge in [-0.3, -0.25) is 10.1 Å². The van der Waals surface area contributed by atoms with Crippen molar-refractivity contribution in [2.75, 3.05) is 11.9 Å². The average molecular weight is 427 g/mol. The van der Waals surface area contributed by atoms with Gasteiger partial charge in [0.1, 0.15) is 11.3 Å². The van der Waals surface area contributed by atoms with Crippen molar-refractivity contribution in [1.82, 2.24) is 4.98 Å². The second-order valence-corrected chi connectivity index (χ2v) is 7.86. The molecule has 0 aliphatic carbocycles. The fraction of sp³-hybridized carbons (Fsp3) is 0.0952. The summed E-state index contributed by atoms with van der Waals surface area (Å²) < 4.78 is 10.6. The third-order valence-electron chi connectivity index (χ3n) is 4.13. The number of anilines is 1. The van der Waals surface area contributed by atoms with Gasteiger partial charge in [-0.05, 0) is 37.3 Å². The quantitative estimate of drug-likeness (QED) is 0.459. The van der Waals surface area contributed by atoms with E-state index in [1.807, 2.05) is 19.1 Å². The normalized spacial score (nSPS) is 10.8. The molecule has 146 valence electrons. The largest absolute Gasteiger partial charge is 0.484 e. The number of halogens is 1. The summed E-state index contributed by atoms with van der Waals surface area (Å²) in [6.07, 6.45) is 0. The van der Waals surface area contributed by atoms with E-state index in [9.17, 15) is 9.59 Å². The van der Waals surface area contributed by atoms with E-state index < -0.39 is 5.63 Å². The highest BCUT2D eigenvalue weighted by molar-refractivity contribution is 7.16. The van der Waals surface area contributed by atoms with Crippen LogP contribution in [0, 0.1) is 6.92 Å². The Kier molecular flexibility index (Phi) is 5.33. The lowest BCUT2D eigenvalue weighted by Crippen LogP contribution is -2.20. The Morgan fingerprint density at radius 1 is 1.17 bits per heavy atom. The Labute approximate surface area is 174 Å². The summed E-state index contributed by atoms with van der Waals surface area (Å²) in [7, 11) is 0. The van der Waals surface area contributed by atoms with E-state index >= 15 is 0 Å². The van der Waals surface area contributed by atoms with Gasteiger partial charge in [0.2, 0.25) is 0 Å². The fourth-order valence-corrected chi connectivity index (χ4v) is 3.74. The van der Waals surface area contributed by atoms with Crippen LogP contribution in [0.5, 0.6) is 5.75 Å². The molecule has 0 saturated carbocycles. The number of nitrogens with zero attached hydrogens (tertiary/aromatic N) is 1. The standard InChI is InChI=1S/C21H15ClN2O4S/c1-12-20(14-2-6-15(22)7-3-14)24-21(29-12)23-18(25)11-27-16-8-4-13-5-9-19(26)28-17(13)10-16/h2-10H,11H2,1H3,(H,23,24,25). The van der Waals surface area contributed by atoms with Gasteiger partial charge in [0, 0.05) is 33.0 Å². The first-order valence-corrected chi connectivity index (χ1v) is 9.87. The maximum atomic E-state index is 12.2. The van der Waals surface area contributed by atoms with Crippen LogP contribution >= 0.6 is 22.9 Å². The number of amides is 1. The monoisotopic (exact) mass is 426 g/mol. The molecule has 1 N–H and O–H groups in total. The van der Waals surface area contributed by atoms with Crippen molar-refractivity contribution in [2.24, 2.45) is 0 Å². The van der Waals surface area contributed by atoms with Gasteiger partial charge in [-0.15, -0.1) is 11.3 Å². The van der Waals surface area contributed by atoms with Gasteiger partial charge in [-0.25, -0.2) is 9.78 Å². The molecular formula is C21H15ClN2O4S. The molecule has 0 saturated heterocycles. The number of rotatable bonds is 5. The maximum absolute atomic E-state index is 12.2. The molecular weight excluding hydrogens is 412 g/mol. The zero-order valence-electron chi connectivity index (χ0n) is 15.3. The number of carbonyl (C=O) groups excluding carboxylic acids is 1. The molecule has 0 radical (unpaired) electrons. The number of benzene rings is 2. The van der Waals surface area contributed by atoms with Gasteiger partial charge in [0.05, 0.1) is 5.69 Å². The van der Waals surface area contributed by atoms with Crippen LogP contribution in [0.1, 0.15) is 4.88 Å². The summed E-state index contributed by atoms with van der Waals surface area (Å²) in [4.78, 5) is 29.0. The Morgan fingerprint density at radius 3 is 2.72 bits per heavy atom. The number of nitrogens with one attached hydrogen (secondary N) is 1. The second-order valence-electron chi connectivity index (χ2n) is 6.22. The minimum atomic E-state index is -0.442. The zero-order chi connectivity index (χ0) is 20.4. The molecule has 4 aromatic rings. The molecule has 4 rings (SSSR count). The first-order chi connectivity index (χ1) is 14.0. The number of fused-ring (bicyclic) bond motifs is 1. The minimum Gasteiger partial charge on any atom is -0.484 e. The molecule has 1 amide bonds. The lowest BCUT2D eigenvalue weighted by atomic mass is 10.1. The Morgan fingerprint density at radius 2 is 1.93 bits per heavy atom. The number of hydrogen-bond donors (Lipinski definition) is 1. The van der Waals surface area contributed by atoms with Gasteiger partial charge in [0.15, 0.2) is 11.7 Å². The summed E-state index contributed by atoms with van der Waals surface area (Å²) in [6.45, 7) is 1.74. The highest BCUT2D eigenvalue weighted by atomic mass is 35.5. The lowest BCUT2D eigenvalue weighted by Gasteiger charge is -2.06. The van der Waals surface area contributed by atoms with Crippen LogP contribution in [0.4, 0.5) is 5.13 Å². The summed E-state index contributed by atoms with van der Waals surface area (Å²) in [5, 5.41) is 4.66. The van der Waals surface area contributed by atoms with Crippen molar-refractivity contribution in [1.29, 1.82) is 0 Å². The number of hydrogen-bond acceptors (Lipinski definition) is 6. The predicted octanol–water partition coefficient (Wildman–Crippen LogP) is 4.90. The summed E-state index contributed by atoms with van der Waals surface area (Å²) >= 11 is 7.31. The number of aryl methyl sites for hydroxylation is 1. The number of aromatic nitrogens is 1. The van der Waals surface area contributed by atoms with Crippen LogP contribution in [0.25, 0.3) is 22.2 Å². The van der Waals surface area contributed by atoms with Crippen LogP contribution in [-0.4, -0.2) is 17.5 Å². The zero-order valence-corrected chi connectivity index (χ0v) is 16.8. The second kappa shape index (κ2) is 8.06. The van der Waals surface area contributed by atoms with Crippen LogP contribution in [0.3, 0.4) is 0 Å². The molecule has 0 aliphatic rings. The number of carbonyl (C=O) groups is 1. The van der Waals surface area contributed by atoms with Gasteiger partial charge in [-0.2, -0.15) is 0 Å². The van der Waals surface area contributed by atoms with E-state index in [1.165, 1.54) is 17.4 Å². The van der Waals surface area contributed by atoms with Gasteiger partial charge in [0.25, 0.3) is 5.91 Å². The topological polar surface area (TPSA) is 81.4 Å². The highest BCUT2D eigenvalue weighted by Crippen LogP contribution is 2.31. The lowest BCUT2D eigenvalue weighted by molar-refractivity contribution is -0.118. The first kappa shape index (κ1) is 19.2. The summed E-state index contributed by atoms with van der Waals surface area (Å²) in [5.74, 6) is 0.0928. The van der Waals surface area contributed by atoms with Crippen LogP contribution in [0.15, 0.2) is 63.8 Å². The van der Waals surface area contributed by atoms with Crippen molar-refractivity contribution >= 4 is 44.9 Å². The smallest absolute Gasteiger partial charge is 0.336 e. The number of thiazole rings is 1. The fourth-order valence-electron chi connectivity index (χ4n) is 2.76. The molecule has 2 aromatic heterocycles. The molecule has 2 aromatic carbocycles. The highest BCUT2D eigenvalue weighted by Gasteiger charge is 2.13. The molecule has 0 unspecified atom stereocenters. The van der Waals surface area contributed by atoms with Gasteiger partial charge in [-0.1, -0.05) is 23.7 Å². The van der Waals surface area contributed by atoms with Crippen LogP contribution in [-0.2, 0) is 4.79 Å². The Hall–Kier alpha value is -3.16.